The first kappa shape index (κ1) is 16.5. The molecule has 1 aliphatic carbocycles. The van der Waals surface area contributed by atoms with E-state index in [1.807, 2.05) is 0 Å². The molecule has 1 heterocycles. The Morgan fingerprint density at radius 1 is 1.43 bits per heavy atom. The van der Waals surface area contributed by atoms with E-state index in [4.69, 9.17) is 4.42 Å². The van der Waals surface area contributed by atoms with Crippen LogP contribution in [0.4, 0.5) is 0 Å². The summed E-state index contributed by atoms with van der Waals surface area (Å²) in [5.74, 6) is 2.33. The Labute approximate surface area is 127 Å². The lowest BCUT2D eigenvalue weighted by Gasteiger charge is -2.15. The predicted molar refractivity (Wildman–Crippen MR) is 82.3 cm³/mol. The van der Waals surface area contributed by atoms with Crippen molar-refractivity contribution in [3.05, 3.63) is 17.9 Å². The average molecular weight is 314 g/mol. The normalized spacial score (nSPS) is 22.2. The molecule has 0 aliphatic heterocycles. The second kappa shape index (κ2) is 6.50. The van der Waals surface area contributed by atoms with Crippen molar-refractivity contribution >= 4 is 10.0 Å². The molecule has 0 aromatic carbocycles. The lowest BCUT2D eigenvalue weighted by molar-refractivity contribution is 0.372. The molecule has 6 heteroatoms. The Balaban J connectivity index is 1.95. The molecule has 0 amide bonds. The highest BCUT2D eigenvalue weighted by Gasteiger charge is 2.36. The van der Waals surface area contributed by atoms with Crippen LogP contribution in [0.2, 0.25) is 0 Å². The Morgan fingerprint density at radius 3 is 2.67 bits per heavy atom. The molecule has 2 atom stereocenters. The maximum absolute atomic E-state index is 12.4. The number of nitrogens with zero attached hydrogens (tertiary/aromatic N) is 1. The molecule has 0 spiro atoms. The topological polar surface area (TPSA) is 62.6 Å². The molecule has 1 saturated carbocycles. The van der Waals surface area contributed by atoms with E-state index in [0.29, 0.717) is 36.6 Å². The van der Waals surface area contributed by atoms with Crippen molar-refractivity contribution in [3.8, 4) is 0 Å². The van der Waals surface area contributed by atoms with Crippen LogP contribution in [-0.2, 0) is 16.6 Å². The van der Waals surface area contributed by atoms with E-state index in [1.165, 1.54) is 4.31 Å². The summed E-state index contributed by atoms with van der Waals surface area (Å²) in [6.07, 6.45) is 1.11. The summed E-state index contributed by atoms with van der Waals surface area (Å²) in [7, 11) is -1.87. The third-order valence-electron chi connectivity index (χ3n) is 3.92. The van der Waals surface area contributed by atoms with Crippen LogP contribution in [0.1, 0.15) is 33.0 Å². The average Bonchev–Trinajstić information content (AvgIpc) is 2.90. The minimum atomic E-state index is -3.50. The van der Waals surface area contributed by atoms with Crippen LogP contribution in [0.3, 0.4) is 0 Å². The van der Waals surface area contributed by atoms with Crippen molar-refractivity contribution in [1.29, 1.82) is 0 Å². The largest absolute Gasteiger partial charge is 0.447 e. The lowest BCUT2D eigenvalue weighted by Crippen LogP contribution is -2.29. The summed E-state index contributed by atoms with van der Waals surface area (Å²) >= 11 is 0. The summed E-state index contributed by atoms with van der Waals surface area (Å²) in [5.41, 5.74) is 0. The highest BCUT2D eigenvalue weighted by molar-refractivity contribution is 7.89. The van der Waals surface area contributed by atoms with Crippen LogP contribution < -0.4 is 5.32 Å². The number of hydrogen-bond acceptors (Lipinski definition) is 4. The molecule has 0 bridgehead atoms. The number of hydrogen-bond donors (Lipinski definition) is 1. The molecule has 21 heavy (non-hydrogen) atoms. The zero-order valence-corrected chi connectivity index (χ0v) is 14.1. The van der Waals surface area contributed by atoms with Crippen LogP contribution in [0.15, 0.2) is 21.6 Å². The van der Waals surface area contributed by atoms with E-state index in [0.717, 1.165) is 13.0 Å². The number of nitrogens with one attached hydrogen (secondary N) is 1. The van der Waals surface area contributed by atoms with Gasteiger partial charge in [-0.2, -0.15) is 4.31 Å². The summed E-state index contributed by atoms with van der Waals surface area (Å²) in [6.45, 7) is 8.40. The fourth-order valence-electron chi connectivity index (χ4n) is 2.31. The number of rotatable bonds is 8. The zero-order chi connectivity index (χ0) is 15.6. The summed E-state index contributed by atoms with van der Waals surface area (Å²) in [6, 6.07) is 3.28. The molecule has 1 N–H and O–H groups in total. The van der Waals surface area contributed by atoms with Crippen molar-refractivity contribution < 1.29 is 12.8 Å². The van der Waals surface area contributed by atoms with Crippen LogP contribution >= 0.6 is 0 Å². The van der Waals surface area contributed by atoms with E-state index < -0.39 is 10.0 Å². The van der Waals surface area contributed by atoms with E-state index in [2.05, 4.69) is 26.1 Å². The third kappa shape index (κ3) is 4.31. The predicted octanol–water partition coefficient (Wildman–Crippen LogP) is 2.30. The van der Waals surface area contributed by atoms with Gasteiger partial charge in [0.2, 0.25) is 5.09 Å². The van der Waals surface area contributed by atoms with Crippen LogP contribution in [-0.4, -0.2) is 32.9 Å². The van der Waals surface area contributed by atoms with Gasteiger partial charge in [-0.3, -0.25) is 0 Å². The standard InChI is InChI=1S/C15H26N2O3S/c1-11(2)8-16-9-14-5-6-15(20-14)21(18,19)17(4)10-13-7-12(13)3/h5-6,11-13,16H,7-10H2,1-4H3. The van der Waals surface area contributed by atoms with Crippen molar-refractivity contribution in [1.82, 2.24) is 9.62 Å². The van der Waals surface area contributed by atoms with Gasteiger partial charge in [-0.15, -0.1) is 0 Å². The minimum absolute atomic E-state index is 0.0413. The monoisotopic (exact) mass is 314 g/mol. The van der Waals surface area contributed by atoms with E-state index in [9.17, 15) is 8.42 Å². The first-order chi connectivity index (χ1) is 9.80. The summed E-state index contributed by atoms with van der Waals surface area (Å²) in [4.78, 5) is 0. The maximum Gasteiger partial charge on any atom is 0.276 e. The number of sulfonamides is 1. The smallest absolute Gasteiger partial charge is 0.276 e. The molecule has 2 unspecified atom stereocenters. The molecule has 2 rings (SSSR count). The van der Waals surface area contributed by atoms with Gasteiger partial charge in [-0.1, -0.05) is 20.8 Å². The third-order valence-corrected chi connectivity index (χ3v) is 5.62. The van der Waals surface area contributed by atoms with Crippen LogP contribution in [0, 0.1) is 17.8 Å². The van der Waals surface area contributed by atoms with Gasteiger partial charge >= 0.3 is 0 Å². The SMILES string of the molecule is CC(C)CNCc1ccc(S(=O)(=O)N(C)CC2CC2C)o1. The van der Waals surface area contributed by atoms with Crippen LogP contribution in [0.25, 0.3) is 0 Å². The minimum Gasteiger partial charge on any atom is -0.447 e. The van der Waals surface area contributed by atoms with Gasteiger partial charge in [0.05, 0.1) is 6.54 Å². The highest BCUT2D eigenvalue weighted by Crippen LogP contribution is 2.38. The zero-order valence-electron chi connectivity index (χ0n) is 13.3. The van der Waals surface area contributed by atoms with E-state index in [-0.39, 0.29) is 5.09 Å². The van der Waals surface area contributed by atoms with Crippen molar-refractivity contribution in [3.63, 3.8) is 0 Å². The fourth-order valence-corrected chi connectivity index (χ4v) is 3.46. The van der Waals surface area contributed by atoms with Crippen molar-refractivity contribution in [2.75, 3.05) is 20.1 Å². The quantitative estimate of drug-likeness (QED) is 0.800. The fraction of sp³-hybridized carbons (Fsp3) is 0.733. The van der Waals surface area contributed by atoms with Crippen LogP contribution in [0.5, 0.6) is 0 Å². The second-order valence-electron chi connectivity index (χ2n) is 6.50. The molecule has 1 fully saturated rings. The Hall–Kier alpha value is -0.850. The van der Waals surface area contributed by atoms with Gasteiger partial charge in [-0.25, -0.2) is 8.42 Å². The Morgan fingerprint density at radius 2 is 2.10 bits per heavy atom. The van der Waals surface area contributed by atoms with Gasteiger partial charge in [0.15, 0.2) is 0 Å². The Kier molecular flexibility index (Phi) is 5.11. The van der Waals surface area contributed by atoms with Gasteiger partial charge < -0.3 is 9.73 Å². The van der Waals surface area contributed by atoms with E-state index >= 15 is 0 Å². The molecular weight excluding hydrogens is 288 g/mol. The molecular formula is C15H26N2O3S. The number of furan rings is 1. The van der Waals surface area contributed by atoms with Gasteiger partial charge in [-0.05, 0) is 42.9 Å². The molecule has 0 saturated heterocycles. The van der Waals surface area contributed by atoms with Crippen molar-refractivity contribution in [2.45, 2.75) is 38.8 Å². The van der Waals surface area contributed by atoms with Gasteiger partial charge in [0.1, 0.15) is 5.76 Å². The van der Waals surface area contributed by atoms with E-state index in [1.54, 1.807) is 19.2 Å². The first-order valence-electron chi connectivity index (χ1n) is 7.56. The Bertz CT molecular complexity index is 565. The molecule has 1 aromatic heterocycles. The maximum atomic E-state index is 12.4. The summed E-state index contributed by atoms with van der Waals surface area (Å²) in [5, 5.41) is 3.28. The van der Waals surface area contributed by atoms with Gasteiger partial charge in [0.25, 0.3) is 10.0 Å². The molecule has 120 valence electrons. The first-order valence-corrected chi connectivity index (χ1v) is 9.00. The molecule has 1 aromatic rings. The molecule has 0 radical (unpaired) electrons. The second-order valence-corrected chi connectivity index (χ2v) is 8.48. The highest BCUT2D eigenvalue weighted by atomic mass is 32.2. The summed E-state index contributed by atoms with van der Waals surface area (Å²) < 4.78 is 31.7. The lowest BCUT2D eigenvalue weighted by atomic mass is 10.2. The van der Waals surface area contributed by atoms with Crippen molar-refractivity contribution in [2.24, 2.45) is 17.8 Å². The van der Waals surface area contributed by atoms with Gasteiger partial charge in [0, 0.05) is 13.6 Å². The molecule has 5 nitrogen and oxygen atoms in total. The molecule has 1 aliphatic rings.